The Kier molecular flexibility index (Phi) is 3.39. The van der Waals surface area contributed by atoms with Crippen LogP contribution in [-0.4, -0.2) is 16.1 Å². The van der Waals surface area contributed by atoms with Crippen LogP contribution in [0.3, 0.4) is 0 Å². The molecule has 0 aliphatic heterocycles. The van der Waals surface area contributed by atoms with E-state index in [4.69, 9.17) is 16.7 Å². The first-order valence-electron chi connectivity index (χ1n) is 5.15. The van der Waals surface area contributed by atoms with Gasteiger partial charge in [0.05, 0.1) is 5.02 Å². The van der Waals surface area contributed by atoms with Crippen molar-refractivity contribution in [2.24, 2.45) is 0 Å². The number of carbonyl (C=O) groups is 1. The van der Waals surface area contributed by atoms with Crippen LogP contribution >= 0.6 is 11.6 Å². The van der Waals surface area contributed by atoms with Gasteiger partial charge >= 0.3 is 0 Å². The van der Waals surface area contributed by atoms with Crippen molar-refractivity contribution in [2.45, 2.75) is 0 Å². The molecule has 2 rings (SSSR count). The molecule has 2 aromatic rings. The fourth-order valence-corrected chi connectivity index (χ4v) is 1.58. The monoisotopic (exact) mass is 263 g/mol. The summed E-state index contributed by atoms with van der Waals surface area (Å²) in [5.41, 5.74) is 0.896. The van der Waals surface area contributed by atoms with Crippen molar-refractivity contribution in [3.8, 4) is 11.5 Å². The van der Waals surface area contributed by atoms with Crippen LogP contribution in [0.4, 0.5) is 5.69 Å². The second-order valence-corrected chi connectivity index (χ2v) is 4.07. The lowest BCUT2D eigenvalue weighted by Crippen LogP contribution is -2.11. The third-order valence-corrected chi connectivity index (χ3v) is 2.64. The van der Waals surface area contributed by atoms with E-state index in [-0.39, 0.29) is 22.4 Å². The van der Waals surface area contributed by atoms with Gasteiger partial charge in [-0.1, -0.05) is 11.6 Å². The molecular formula is C13H10ClNO3. The summed E-state index contributed by atoms with van der Waals surface area (Å²) >= 11 is 5.73. The Morgan fingerprint density at radius 2 is 1.72 bits per heavy atom. The molecule has 0 fully saturated rings. The van der Waals surface area contributed by atoms with E-state index < -0.39 is 0 Å². The van der Waals surface area contributed by atoms with Crippen LogP contribution in [0.15, 0.2) is 42.5 Å². The van der Waals surface area contributed by atoms with Crippen molar-refractivity contribution in [2.75, 3.05) is 5.32 Å². The summed E-state index contributed by atoms with van der Waals surface area (Å²) in [6.45, 7) is 0. The lowest BCUT2D eigenvalue weighted by molar-refractivity contribution is 0.102. The van der Waals surface area contributed by atoms with Crippen LogP contribution < -0.4 is 5.32 Å². The highest BCUT2D eigenvalue weighted by Gasteiger charge is 2.07. The molecule has 0 heterocycles. The number of rotatable bonds is 2. The number of amides is 1. The zero-order valence-corrected chi connectivity index (χ0v) is 9.98. The molecule has 0 saturated heterocycles. The highest BCUT2D eigenvalue weighted by molar-refractivity contribution is 6.32. The Balaban J connectivity index is 2.16. The molecule has 0 saturated carbocycles. The van der Waals surface area contributed by atoms with Crippen LogP contribution in [-0.2, 0) is 0 Å². The van der Waals surface area contributed by atoms with Crippen molar-refractivity contribution in [1.29, 1.82) is 0 Å². The molecule has 0 aromatic heterocycles. The summed E-state index contributed by atoms with van der Waals surface area (Å²) in [4.78, 5) is 11.8. The maximum atomic E-state index is 11.8. The predicted octanol–water partition coefficient (Wildman–Crippen LogP) is 3.00. The molecule has 0 spiro atoms. The summed E-state index contributed by atoms with van der Waals surface area (Å²) in [7, 11) is 0. The molecular weight excluding hydrogens is 254 g/mol. The topological polar surface area (TPSA) is 69.6 Å². The van der Waals surface area contributed by atoms with E-state index in [0.717, 1.165) is 0 Å². The highest BCUT2D eigenvalue weighted by Crippen LogP contribution is 2.26. The highest BCUT2D eigenvalue weighted by atomic mass is 35.5. The van der Waals surface area contributed by atoms with Crippen molar-refractivity contribution in [3.63, 3.8) is 0 Å². The third kappa shape index (κ3) is 2.73. The van der Waals surface area contributed by atoms with Crippen molar-refractivity contribution in [3.05, 3.63) is 53.1 Å². The molecule has 0 aliphatic carbocycles. The van der Waals surface area contributed by atoms with Crippen molar-refractivity contribution < 1.29 is 15.0 Å². The van der Waals surface area contributed by atoms with E-state index in [2.05, 4.69) is 5.32 Å². The van der Waals surface area contributed by atoms with Crippen molar-refractivity contribution in [1.82, 2.24) is 0 Å². The molecule has 18 heavy (non-hydrogen) atoms. The molecule has 0 atom stereocenters. The van der Waals surface area contributed by atoms with E-state index in [1.807, 2.05) is 0 Å². The van der Waals surface area contributed by atoms with Gasteiger partial charge in [-0.15, -0.1) is 0 Å². The average Bonchev–Trinajstić information content (AvgIpc) is 2.34. The number of hydrogen-bond acceptors (Lipinski definition) is 3. The van der Waals surface area contributed by atoms with Gasteiger partial charge in [0.25, 0.3) is 5.91 Å². The molecule has 0 bridgehead atoms. The molecule has 5 heteroatoms. The number of anilines is 1. The maximum Gasteiger partial charge on any atom is 0.255 e. The van der Waals surface area contributed by atoms with Gasteiger partial charge in [0.15, 0.2) is 0 Å². The first-order chi connectivity index (χ1) is 8.56. The van der Waals surface area contributed by atoms with Crippen LogP contribution in [0.25, 0.3) is 0 Å². The molecule has 2 aromatic carbocycles. The molecule has 3 N–H and O–H groups in total. The molecule has 1 amide bonds. The molecule has 0 aliphatic rings. The minimum atomic E-state index is -0.322. The van der Waals surface area contributed by atoms with Crippen LogP contribution in [0.1, 0.15) is 10.4 Å². The Morgan fingerprint density at radius 1 is 1.06 bits per heavy atom. The van der Waals surface area contributed by atoms with Crippen molar-refractivity contribution >= 4 is 23.2 Å². The largest absolute Gasteiger partial charge is 0.508 e. The number of carbonyl (C=O) groups excluding carboxylic acids is 1. The first-order valence-corrected chi connectivity index (χ1v) is 5.53. The van der Waals surface area contributed by atoms with E-state index in [9.17, 15) is 9.90 Å². The summed E-state index contributed by atoms with van der Waals surface area (Å²) < 4.78 is 0. The van der Waals surface area contributed by atoms with Gasteiger partial charge in [0, 0.05) is 11.3 Å². The smallest absolute Gasteiger partial charge is 0.255 e. The Bertz CT molecular complexity index is 581. The zero-order chi connectivity index (χ0) is 13.1. The van der Waals surface area contributed by atoms with Crippen LogP contribution in [0.5, 0.6) is 11.5 Å². The van der Waals surface area contributed by atoms with Crippen LogP contribution in [0, 0.1) is 0 Å². The van der Waals surface area contributed by atoms with Gasteiger partial charge in [0.2, 0.25) is 0 Å². The minimum absolute atomic E-state index is 0.0423. The number of benzene rings is 2. The van der Waals surface area contributed by atoms with Gasteiger partial charge in [-0.05, 0) is 42.5 Å². The summed E-state index contributed by atoms with van der Waals surface area (Å²) in [6, 6.07) is 10.3. The van der Waals surface area contributed by atoms with E-state index >= 15 is 0 Å². The molecule has 92 valence electrons. The number of nitrogens with one attached hydrogen (secondary N) is 1. The van der Waals surface area contributed by atoms with Gasteiger partial charge in [-0.2, -0.15) is 0 Å². The number of phenols is 2. The predicted molar refractivity (Wildman–Crippen MR) is 69.2 cm³/mol. The number of phenolic OH excluding ortho intramolecular Hbond substituents is 2. The minimum Gasteiger partial charge on any atom is -0.508 e. The Labute approximate surface area is 108 Å². The van der Waals surface area contributed by atoms with Gasteiger partial charge in [-0.25, -0.2) is 0 Å². The Morgan fingerprint density at radius 3 is 2.33 bits per heavy atom. The number of aromatic hydroxyl groups is 2. The number of halogens is 1. The lowest BCUT2D eigenvalue weighted by Gasteiger charge is -2.06. The van der Waals surface area contributed by atoms with E-state index in [0.29, 0.717) is 11.3 Å². The SMILES string of the molecule is O=C(Nc1ccc(O)c(Cl)c1)c1ccc(O)cc1. The van der Waals surface area contributed by atoms with E-state index in [1.54, 1.807) is 6.07 Å². The van der Waals surface area contributed by atoms with Gasteiger partial charge in [0.1, 0.15) is 11.5 Å². The van der Waals surface area contributed by atoms with Gasteiger partial charge in [-0.3, -0.25) is 4.79 Å². The first kappa shape index (κ1) is 12.3. The maximum absolute atomic E-state index is 11.8. The Hall–Kier alpha value is -2.20. The lowest BCUT2D eigenvalue weighted by atomic mass is 10.2. The fraction of sp³-hybridized carbons (Fsp3) is 0. The zero-order valence-electron chi connectivity index (χ0n) is 9.22. The quantitative estimate of drug-likeness (QED) is 0.730. The fourth-order valence-electron chi connectivity index (χ4n) is 1.40. The van der Waals surface area contributed by atoms with Crippen LogP contribution in [0.2, 0.25) is 5.02 Å². The van der Waals surface area contributed by atoms with Gasteiger partial charge < -0.3 is 15.5 Å². The summed E-state index contributed by atoms with van der Waals surface area (Å²) in [6.07, 6.45) is 0. The summed E-state index contributed by atoms with van der Waals surface area (Å²) in [5, 5.41) is 21.2. The average molecular weight is 264 g/mol. The second kappa shape index (κ2) is 4.98. The standard InChI is InChI=1S/C13H10ClNO3/c14-11-7-9(3-6-12(11)17)15-13(18)8-1-4-10(16)5-2-8/h1-7,16-17H,(H,15,18). The van der Waals surface area contributed by atoms with E-state index in [1.165, 1.54) is 36.4 Å². The number of hydrogen-bond donors (Lipinski definition) is 3. The third-order valence-electron chi connectivity index (χ3n) is 2.34. The molecule has 4 nitrogen and oxygen atoms in total. The molecule has 0 radical (unpaired) electrons. The molecule has 0 unspecified atom stereocenters. The normalized spacial score (nSPS) is 10.1. The second-order valence-electron chi connectivity index (χ2n) is 3.67. The summed E-state index contributed by atoms with van der Waals surface area (Å²) in [5.74, 6) is -0.268.